The van der Waals surface area contributed by atoms with Crippen molar-refractivity contribution in [2.75, 3.05) is 0 Å². The Morgan fingerprint density at radius 2 is 1.48 bits per heavy atom. The molecule has 0 bridgehead atoms. The van der Waals surface area contributed by atoms with Crippen molar-refractivity contribution < 1.29 is 9.59 Å². The first-order valence-electron chi connectivity index (χ1n) is 9.70. The highest BCUT2D eigenvalue weighted by Gasteiger charge is 2.20. The van der Waals surface area contributed by atoms with E-state index in [1.165, 1.54) is 12.2 Å². The molecule has 0 aliphatic carbocycles. The molecule has 0 aromatic rings. The third-order valence-electron chi connectivity index (χ3n) is 4.56. The van der Waals surface area contributed by atoms with Gasteiger partial charge in [-0.05, 0) is 37.7 Å². The molecule has 0 aromatic heterocycles. The second-order valence-electron chi connectivity index (χ2n) is 7.61. The van der Waals surface area contributed by atoms with Crippen LogP contribution in [0.3, 0.4) is 0 Å². The van der Waals surface area contributed by atoms with Crippen LogP contribution >= 0.6 is 0 Å². The van der Waals surface area contributed by atoms with Crippen LogP contribution in [-0.2, 0) is 9.59 Å². The first kappa shape index (κ1) is 24.8. The maximum atomic E-state index is 13.3. The number of allylic oxidation sites excluding steroid dienone is 10. The highest BCUT2D eigenvalue weighted by Crippen LogP contribution is 2.28. The van der Waals surface area contributed by atoms with Crippen molar-refractivity contribution in [3.05, 3.63) is 71.4 Å². The summed E-state index contributed by atoms with van der Waals surface area (Å²) >= 11 is 0. The van der Waals surface area contributed by atoms with Crippen LogP contribution in [0.15, 0.2) is 71.4 Å². The van der Waals surface area contributed by atoms with Crippen LogP contribution in [0.25, 0.3) is 0 Å². The number of rotatable bonds is 10. The number of hydrogen-bond acceptors (Lipinski definition) is 2. The maximum absolute atomic E-state index is 13.3. The number of ketones is 2. The second kappa shape index (κ2) is 11.5. The number of carbonyl (C=O) groups excluding carboxylic acids is 2. The third-order valence-corrected chi connectivity index (χ3v) is 4.56. The minimum absolute atomic E-state index is 0.0139. The molecule has 0 rings (SSSR count). The third kappa shape index (κ3) is 7.13. The molecule has 0 atom stereocenters. The van der Waals surface area contributed by atoms with Crippen LogP contribution in [0.2, 0.25) is 0 Å². The standard InChI is InChI=1S/C25H36O2/c1-10-15-23(26)20(13-4)21(14-5)24(27)22(18(6)11-2)17-16-19(12-3)25(7,8)9/h12-14,16-17H,4-5,10-11,15H2,1-3,6-9H3/b17-16-,19-12+,21-20-,22-18-. The van der Waals surface area contributed by atoms with E-state index < -0.39 is 0 Å². The van der Waals surface area contributed by atoms with E-state index in [0.29, 0.717) is 23.1 Å². The molecule has 0 N–H and O–H groups in total. The van der Waals surface area contributed by atoms with E-state index in [9.17, 15) is 9.59 Å². The van der Waals surface area contributed by atoms with E-state index in [2.05, 4.69) is 40.0 Å². The maximum Gasteiger partial charge on any atom is 0.193 e. The van der Waals surface area contributed by atoms with Gasteiger partial charge in [0.1, 0.15) is 0 Å². The van der Waals surface area contributed by atoms with E-state index in [4.69, 9.17) is 0 Å². The van der Waals surface area contributed by atoms with Gasteiger partial charge in [0.25, 0.3) is 0 Å². The van der Waals surface area contributed by atoms with Crippen molar-refractivity contribution >= 4 is 11.6 Å². The zero-order valence-electron chi connectivity index (χ0n) is 18.2. The van der Waals surface area contributed by atoms with Gasteiger partial charge in [-0.3, -0.25) is 9.59 Å². The van der Waals surface area contributed by atoms with E-state index in [1.807, 2.05) is 39.8 Å². The van der Waals surface area contributed by atoms with Crippen molar-refractivity contribution in [1.29, 1.82) is 0 Å². The highest BCUT2D eigenvalue weighted by molar-refractivity contribution is 6.17. The van der Waals surface area contributed by atoms with Gasteiger partial charge in [0.05, 0.1) is 0 Å². The summed E-state index contributed by atoms with van der Waals surface area (Å²) in [6.45, 7) is 21.8. The van der Waals surface area contributed by atoms with E-state index in [-0.39, 0.29) is 17.0 Å². The topological polar surface area (TPSA) is 34.1 Å². The quantitative estimate of drug-likeness (QED) is 0.311. The minimum Gasteiger partial charge on any atom is -0.294 e. The molecular formula is C25H36O2. The normalized spacial score (nSPS) is 14.6. The zero-order chi connectivity index (χ0) is 21.2. The van der Waals surface area contributed by atoms with Gasteiger partial charge < -0.3 is 0 Å². The van der Waals surface area contributed by atoms with E-state index in [1.54, 1.807) is 0 Å². The molecule has 0 spiro atoms. The van der Waals surface area contributed by atoms with Crippen molar-refractivity contribution in [1.82, 2.24) is 0 Å². The molecule has 0 amide bonds. The van der Waals surface area contributed by atoms with Gasteiger partial charge in [0.2, 0.25) is 0 Å². The average molecular weight is 369 g/mol. The fourth-order valence-corrected chi connectivity index (χ4v) is 2.76. The molecule has 2 heteroatoms. The Balaban J connectivity index is 6.34. The van der Waals surface area contributed by atoms with Gasteiger partial charge in [0, 0.05) is 23.1 Å². The highest BCUT2D eigenvalue weighted by atomic mass is 16.1. The molecular weight excluding hydrogens is 332 g/mol. The fraction of sp³-hybridized carbons (Fsp3) is 0.440. The summed E-state index contributed by atoms with van der Waals surface area (Å²) in [7, 11) is 0. The van der Waals surface area contributed by atoms with Gasteiger partial charge >= 0.3 is 0 Å². The van der Waals surface area contributed by atoms with Gasteiger partial charge in [-0.2, -0.15) is 0 Å². The molecule has 2 nitrogen and oxygen atoms in total. The lowest BCUT2D eigenvalue weighted by atomic mass is 9.85. The monoisotopic (exact) mass is 368 g/mol. The molecule has 0 unspecified atom stereocenters. The lowest BCUT2D eigenvalue weighted by molar-refractivity contribution is -0.116. The second-order valence-corrected chi connectivity index (χ2v) is 7.61. The van der Waals surface area contributed by atoms with Crippen LogP contribution in [0.4, 0.5) is 0 Å². The molecule has 0 heterocycles. The van der Waals surface area contributed by atoms with Crippen molar-refractivity contribution in [3.63, 3.8) is 0 Å². The summed E-state index contributed by atoms with van der Waals surface area (Å²) in [4.78, 5) is 25.7. The summed E-state index contributed by atoms with van der Waals surface area (Å²) in [5.41, 5.74) is 3.40. The lowest BCUT2D eigenvalue weighted by Gasteiger charge is -2.20. The van der Waals surface area contributed by atoms with Gasteiger partial charge in [-0.15, -0.1) is 0 Å². The molecule has 0 radical (unpaired) electrons. The van der Waals surface area contributed by atoms with E-state index in [0.717, 1.165) is 24.0 Å². The summed E-state index contributed by atoms with van der Waals surface area (Å²) in [6, 6.07) is 0. The van der Waals surface area contributed by atoms with Gasteiger partial charge in [-0.1, -0.05) is 83.7 Å². The molecule has 0 aliphatic heterocycles. The van der Waals surface area contributed by atoms with Crippen LogP contribution in [-0.4, -0.2) is 11.6 Å². The molecule has 0 saturated heterocycles. The van der Waals surface area contributed by atoms with Crippen molar-refractivity contribution in [2.45, 2.75) is 67.7 Å². The molecule has 0 fully saturated rings. The Morgan fingerprint density at radius 3 is 1.85 bits per heavy atom. The van der Waals surface area contributed by atoms with Crippen molar-refractivity contribution in [2.24, 2.45) is 5.41 Å². The first-order chi connectivity index (χ1) is 12.6. The predicted octanol–water partition coefficient (Wildman–Crippen LogP) is 6.87. The number of hydrogen-bond donors (Lipinski definition) is 0. The fourth-order valence-electron chi connectivity index (χ4n) is 2.76. The summed E-state index contributed by atoms with van der Waals surface area (Å²) in [6.07, 6.45) is 10.7. The SMILES string of the molecule is C=C/C(C(=O)CCC)=C(\C=C)C(=O)C(/C=C\C(=C/C)C(C)(C)C)=C(/C)CC. The Labute approximate surface area is 166 Å². The summed E-state index contributed by atoms with van der Waals surface area (Å²) in [5.74, 6) is -0.249. The lowest BCUT2D eigenvalue weighted by Crippen LogP contribution is -2.13. The first-order valence-corrected chi connectivity index (χ1v) is 9.70. The Morgan fingerprint density at radius 1 is 0.926 bits per heavy atom. The minimum atomic E-state index is -0.177. The molecule has 148 valence electrons. The van der Waals surface area contributed by atoms with E-state index >= 15 is 0 Å². The number of Topliss-reactive ketones (excluding diaryl/α,β-unsaturated/α-hetero) is 2. The molecule has 27 heavy (non-hydrogen) atoms. The zero-order valence-corrected chi connectivity index (χ0v) is 18.2. The van der Waals surface area contributed by atoms with Gasteiger partial charge in [-0.25, -0.2) is 0 Å². The molecule has 0 saturated carbocycles. The Kier molecular flexibility index (Phi) is 10.5. The molecule has 0 aliphatic rings. The summed E-state index contributed by atoms with van der Waals surface area (Å²) < 4.78 is 0. The van der Waals surface area contributed by atoms with Crippen LogP contribution < -0.4 is 0 Å². The van der Waals surface area contributed by atoms with Gasteiger partial charge in [0.15, 0.2) is 11.6 Å². The number of carbonyl (C=O) groups is 2. The smallest absolute Gasteiger partial charge is 0.193 e. The van der Waals surface area contributed by atoms with Crippen LogP contribution in [0.1, 0.15) is 67.7 Å². The average Bonchev–Trinajstić information content (AvgIpc) is 2.61. The summed E-state index contributed by atoms with van der Waals surface area (Å²) in [5, 5.41) is 0. The predicted molar refractivity (Wildman–Crippen MR) is 118 cm³/mol. The Hall–Kier alpha value is -2.22. The largest absolute Gasteiger partial charge is 0.294 e. The van der Waals surface area contributed by atoms with Crippen LogP contribution in [0.5, 0.6) is 0 Å². The Bertz CT molecular complexity index is 701. The van der Waals surface area contributed by atoms with Crippen LogP contribution in [0, 0.1) is 5.41 Å². The molecule has 0 aromatic carbocycles. The van der Waals surface area contributed by atoms with Crippen molar-refractivity contribution in [3.8, 4) is 0 Å².